The highest BCUT2D eigenvalue weighted by Crippen LogP contribution is 2.23. The highest BCUT2D eigenvalue weighted by atomic mass is 79.9. The van der Waals surface area contributed by atoms with Crippen molar-refractivity contribution in [1.82, 2.24) is 0 Å². The van der Waals surface area contributed by atoms with Gasteiger partial charge in [-0.15, -0.1) is 0 Å². The number of benzene rings is 1. The van der Waals surface area contributed by atoms with Gasteiger partial charge in [-0.2, -0.15) is 0 Å². The summed E-state index contributed by atoms with van der Waals surface area (Å²) in [4.78, 5) is 10.7. The Hall–Kier alpha value is -0.845. The van der Waals surface area contributed by atoms with E-state index in [2.05, 4.69) is 15.9 Å². The van der Waals surface area contributed by atoms with Crippen LogP contribution in [0.15, 0.2) is 22.7 Å². The SMILES string of the molecule is CC(=O)Oc1cc(B(O)O)ccc1Br. The minimum Gasteiger partial charge on any atom is -0.426 e. The lowest BCUT2D eigenvalue weighted by Crippen LogP contribution is -2.29. The smallest absolute Gasteiger partial charge is 0.426 e. The van der Waals surface area contributed by atoms with Gasteiger partial charge in [-0.05, 0) is 33.5 Å². The van der Waals surface area contributed by atoms with Crippen LogP contribution in [0.25, 0.3) is 0 Å². The van der Waals surface area contributed by atoms with Crippen molar-refractivity contribution >= 4 is 34.5 Å². The van der Waals surface area contributed by atoms with Crippen molar-refractivity contribution in [3.05, 3.63) is 22.7 Å². The molecule has 0 saturated carbocycles. The average Bonchev–Trinajstić information content (AvgIpc) is 2.07. The van der Waals surface area contributed by atoms with Gasteiger partial charge in [0.05, 0.1) is 4.47 Å². The van der Waals surface area contributed by atoms with Crippen LogP contribution in [0.2, 0.25) is 0 Å². The van der Waals surface area contributed by atoms with E-state index in [-0.39, 0.29) is 11.2 Å². The molecule has 14 heavy (non-hydrogen) atoms. The van der Waals surface area contributed by atoms with Crippen LogP contribution in [0.4, 0.5) is 0 Å². The largest absolute Gasteiger partial charge is 0.488 e. The lowest BCUT2D eigenvalue weighted by atomic mass is 9.80. The van der Waals surface area contributed by atoms with Gasteiger partial charge in [0.2, 0.25) is 0 Å². The molecule has 0 saturated heterocycles. The molecule has 2 N–H and O–H groups in total. The number of hydrogen-bond donors (Lipinski definition) is 2. The first-order valence-corrected chi connectivity index (χ1v) is 4.64. The van der Waals surface area contributed by atoms with Gasteiger partial charge in [0, 0.05) is 6.92 Å². The van der Waals surface area contributed by atoms with E-state index < -0.39 is 13.1 Å². The molecule has 0 aliphatic rings. The number of rotatable bonds is 2. The van der Waals surface area contributed by atoms with Crippen LogP contribution in [0.5, 0.6) is 5.75 Å². The zero-order chi connectivity index (χ0) is 10.7. The molecule has 0 atom stereocenters. The molecule has 0 heterocycles. The van der Waals surface area contributed by atoms with E-state index in [9.17, 15) is 4.79 Å². The summed E-state index contributed by atoms with van der Waals surface area (Å²) in [6.07, 6.45) is 0. The topological polar surface area (TPSA) is 66.8 Å². The van der Waals surface area contributed by atoms with E-state index in [4.69, 9.17) is 14.8 Å². The number of esters is 1. The molecule has 0 aliphatic carbocycles. The molecule has 0 radical (unpaired) electrons. The predicted octanol–water partition coefficient (Wildman–Crippen LogP) is 0.0542. The van der Waals surface area contributed by atoms with Crippen LogP contribution < -0.4 is 10.2 Å². The summed E-state index contributed by atoms with van der Waals surface area (Å²) in [5.74, 6) is -0.196. The fourth-order valence-electron chi connectivity index (χ4n) is 0.914. The fourth-order valence-corrected chi connectivity index (χ4v) is 1.24. The second-order valence-electron chi connectivity index (χ2n) is 2.66. The molecular weight excluding hydrogens is 251 g/mol. The summed E-state index contributed by atoms with van der Waals surface area (Å²) in [6, 6.07) is 4.48. The van der Waals surface area contributed by atoms with Gasteiger partial charge in [-0.1, -0.05) is 6.07 Å². The van der Waals surface area contributed by atoms with Gasteiger partial charge in [0.15, 0.2) is 0 Å². The van der Waals surface area contributed by atoms with Crippen molar-refractivity contribution in [3.8, 4) is 5.75 Å². The molecule has 1 aromatic carbocycles. The van der Waals surface area contributed by atoms with Crippen molar-refractivity contribution in [2.75, 3.05) is 0 Å². The first-order chi connectivity index (χ1) is 6.50. The molecule has 1 aromatic rings. The molecule has 0 unspecified atom stereocenters. The van der Waals surface area contributed by atoms with E-state index in [1.54, 1.807) is 6.07 Å². The second kappa shape index (κ2) is 4.59. The fraction of sp³-hybridized carbons (Fsp3) is 0.125. The highest BCUT2D eigenvalue weighted by Gasteiger charge is 2.14. The van der Waals surface area contributed by atoms with E-state index >= 15 is 0 Å². The Morgan fingerprint density at radius 2 is 2.14 bits per heavy atom. The first-order valence-electron chi connectivity index (χ1n) is 3.84. The Labute approximate surface area is 89.8 Å². The van der Waals surface area contributed by atoms with Crippen LogP contribution in [0.1, 0.15) is 6.92 Å². The third-order valence-corrected chi connectivity index (χ3v) is 2.16. The highest BCUT2D eigenvalue weighted by molar-refractivity contribution is 9.10. The second-order valence-corrected chi connectivity index (χ2v) is 3.51. The van der Waals surface area contributed by atoms with Crippen LogP contribution in [0, 0.1) is 0 Å². The monoisotopic (exact) mass is 258 g/mol. The standard InChI is InChI=1S/C8H8BBrO4/c1-5(11)14-8-4-6(9(12)13)2-3-7(8)10/h2-4,12-13H,1H3. The molecule has 0 aliphatic heterocycles. The number of ether oxygens (including phenoxy) is 1. The quantitative estimate of drug-likeness (QED) is 0.447. The maximum absolute atomic E-state index is 10.7. The minimum atomic E-state index is -1.57. The van der Waals surface area contributed by atoms with Gasteiger partial charge >= 0.3 is 13.1 Å². The van der Waals surface area contributed by atoms with Crippen molar-refractivity contribution < 1.29 is 19.6 Å². The van der Waals surface area contributed by atoms with Gasteiger partial charge in [0.25, 0.3) is 0 Å². The summed E-state index contributed by atoms with van der Waals surface area (Å²) in [5.41, 5.74) is 0.268. The van der Waals surface area contributed by atoms with E-state index in [1.165, 1.54) is 19.1 Å². The van der Waals surface area contributed by atoms with Crippen molar-refractivity contribution in [2.24, 2.45) is 0 Å². The van der Waals surface area contributed by atoms with E-state index in [0.29, 0.717) is 4.47 Å². The summed E-state index contributed by atoms with van der Waals surface area (Å²) >= 11 is 3.17. The number of hydrogen-bond acceptors (Lipinski definition) is 4. The normalized spacial score (nSPS) is 9.71. The van der Waals surface area contributed by atoms with Crippen molar-refractivity contribution in [3.63, 3.8) is 0 Å². The molecule has 0 amide bonds. The summed E-state index contributed by atoms with van der Waals surface area (Å²) in [7, 11) is -1.57. The van der Waals surface area contributed by atoms with Crippen molar-refractivity contribution in [2.45, 2.75) is 6.92 Å². The molecule has 1 rings (SSSR count). The Kier molecular flexibility index (Phi) is 3.68. The molecular formula is C8H8BBrO4. The van der Waals surface area contributed by atoms with Crippen LogP contribution in [0.3, 0.4) is 0 Å². The molecule has 74 valence electrons. The van der Waals surface area contributed by atoms with Crippen molar-refractivity contribution in [1.29, 1.82) is 0 Å². The van der Waals surface area contributed by atoms with E-state index in [1.807, 2.05) is 0 Å². The Bertz CT molecular complexity index is 353. The zero-order valence-electron chi connectivity index (χ0n) is 7.40. The first kappa shape index (κ1) is 11.2. The maximum atomic E-state index is 10.7. The molecule has 0 spiro atoms. The molecule has 0 aromatic heterocycles. The minimum absolute atomic E-state index is 0.267. The molecule has 4 nitrogen and oxygen atoms in total. The Morgan fingerprint density at radius 3 is 2.64 bits per heavy atom. The Balaban J connectivity index is 3.02. The lowest BCUT2D eigenvalue weighted by molar-refractivity contribution is -0.131. The van der Waals surface area contributed by atoms with Gasteiger partial charge in [-0.3, -0.25) is 4.79 Å². The van der Waals surface area contributed by atoms with Crippen LogP contribution in [-0.4, -0.2) is 23.1 Å². The van der Waals surface area contributed by atoms with Gasteiger partial charge in [0.1, 0.15) is 5.75 Å². The number of carbonyl (C=O) groups is 1. The lowest BCUT2D eigenvalue weighted by Gasteiger charge is -2.06. The number of carbonyl (C=O) groups excluding carboxylic acids is 1. The Morgan fingerprint density at radius 1 is 1.50 bits per heavy atom. The molecule has 6 heteroatoms. The third kappa shape index (κ3) is 2.83. The summed E-state index contributed by atoms with van der Waals surface area (Å²) in [5, 5.41) is 17.7. The number of halogens is 1. The summed E-state index contributed by atoms with van der Waals surface area (Å²) < 4.78 is 5.41. The summed E-state index contributed by atoms with van der Waals surface area (Å²) in [6.45, 7) is 1.27. The van der Waals surface area contributed by atoms with Crippen LogP contribution >= 0.6 is 15.9 Å². The zero-order valence-corrected chi connectivity index (χ0v) is 8.98. The van der Waals surface area contributed by atoms with Gasteiger partial charge < -0.3 is 14.8 Å². The van der Waals surface area contributed by atoms with E-state index in [0.717, 1.165) is 0 Å². The molecule has 0 fully saturated rings. The third-order valence-electron chi connectivity index (χ3n) is 1.51. The van der Waals surface area contributed by atoms with Gasteiger partial charge in [-0.25, -0.2) is 0 Å². The molecule has 0 bridgehead atoms. The average molecular weight is 259 g/mol. The van der Waals surface area contributed by atoms with Crippen LogP contribution in [-0.2, 0) is 4.79 Å². The predicted molar refractivity (Wildman–Crippen MR) is 55.3 cm³/mol. The maximum Gasteiger partial charge on any atom is 0.488 e.